The summed E-state index contributed by atoms with van der Waals surface area (Å²) in [6, 6.07) is 0. The largest absolute Gasteiger partial charge is 0.481 e. The lowest BCUT2D eigenvalue weighted by atomic mass is 9.73. The Hall–Kier alpha value is -1.88. The van der Waals surface area contributed by atoms with Crippen LogP contribution >= 0.6 is 0 Å². The Kier molecular flexibility index (Phi) is 8.14. The van der Waals surface area contributed by atoms with Gasteiger partial charge in [-0.2, -0.15) is 0 Å². The number of rotatable bonds is 11. The maximum absolute atomic E-state index is 11.6. The van der Waals surface area contributed by atoms with Crippen LogP contribution < -0.4 is 0 Å². The Morgan fingerprint density at radius 3 is 1.33 bits per heavy atom. The van der Waals surface area contributed by atoms with Crippen LogP contribution in [0.2, 0.25) is 0 Å². The number of carboxylic acid groups (broad SMARTS) is 2. The minimum Gasteiger partial charge on any atom is -0.481 e. The summed E-state index contributed by atoms with van der Waals surface area (Å²) in [7, 11) is 0. The maximum Gasteiger partial charge on any atom is 0.310 e. The number of carboxylic acids is 2. The van der Waals surface area contributed by atoms with Crippen LogP contribution in [0.25, 0.3) is 0 Å². The molecule has 4 unspecified atom stereocenters. The zero-order chi connectivity index (χ0) is 19.2. The SMILES string of the molecule is CC(=O)C(O)C(O)CC(CC(=O)O)(CC(O)C(O)C(C)=O)C(=O)O. The first-order valence-electron chi connectivity index (χ1n) is 7.02. The summed E-state index contributed by atoms with van der Waals surface area (Å²) < 4.78 is 0. The van der Waals surface area contributed by atoms with Crippen LogP contribution in [0.15, 0.2) is 0 Å². The fourth-order valence-corrected chi connectivity index (χ4v) is 2.33. The van der Waals surface area contributed by atoms with E-state index in [1.807, 2.05) is 0 Å². The number of hydrogen-bond donors (Lipinski definition) is 6. The van der Waals surface area contributed by atoms with E-state index in [0.717, 1.165) is 13.8 Å². The molecular formula is C14H22O10. The number of aliphatic hydroxyl groups excluding tert-OH is 4. The van der Waals surface area contributed by atoms with E-state index in [1.165, 1.54) is 0 Å². The van der Waals surface area contributed by atoms with Gasteiger partial charge in [0.05, 0.1) is 24.0 Å². The number of Topliss-reactive ketones (excluding diaryl/α,β-unsaturated/α-hetero) is 2. The third-order valence-corrected chi connectivity index (χ3v) is 3.70. The molecule has 0 fully saturated rings. The van der Waals surface area contributed by atoms with Crippen LogP contribution in [0.5, 0.6) is 0 Å². The second kappa shape index (κ2) is 8.83. The fourth-order valence-electron chi connectivity index (χ4n) is 2.33. The van der Waals surface area contributed by atoms with Gasteiger partial charge in [-0.25, -0.2) is 0 Å². The molecule has 0 radical (unpaired) electrons. The van der Waals surface area contributed by atoms with Gasteiger partial charge in [0.1, 0.15) is 12.2 Å². The molecule has 0 saturated carbocycles. The van der Waals surface area contributed by atoms with Crippen molar-refractivity contribution >= 4 is 23.5 Å². The van der Waals surface area contributed by atoms with Gasteiger partial charge in [-0.05, 0) is 26.7 Å². The van der Waals surface area contributed by atoms with Gasteiger partial charge in [-0.3, -0.25) is 19.2 Å². The quantitative estimate of drug-likeness (QED) is 0.241. The van der Waals surface area contributed by atoms with Crippen molar-refractivity contribution < 1.29 is 49.8 Å². The van der Waals surface area contributed by atoms with Gasteiger partial charge in [-0.1, -0.05) is 0 Å². The van der Waals surface area contributed by atoms with Crippen molar-refractivity contribution in [3.05, 3.63) is 0 Å². The molecular weight excluding hydrogens is 328 g/mol. The summed E-state index contributed by atoms with van der Waals surface area (Å²) in [6.45, 7) is 1.89. The van der Waals surface area contributed by atoms with Gasteiger partial charge < -0.3 is 30.6 Å². The number of hydrogen-bond acceptors (Lipinski definition) is 8. The first-order chi connectivity index (χ1) is 10.8. The zero-order valence-electron chi connectivity index (χ0n) is 13.2. The lowest BCUT2D eigenvalue weighted by molar-refractivity contribution is -0.164. The number of carbonyl (C=O) groups is 4. The third kappa shape index (κ3) is 5.96. The first kappa shape index (κ1) is 22.1. The van der Waals surface area contributed by atoms with Crippen molar-refractivity contribution in [3.8, 4) is 0 Å². The van der Waals surface area contributed by atoms with E-state index in [2.05, 4.69) is 0 Å². The van der Waals surface area contributed by atoms with Crippen LogP contribution in [0.1, 0.15) is 33.1 Å². The highest BCUT2D eigenvalue weighted by Crippen LogP contribution is 2.36. The molecule has 0 saturated heterocycles. The molecule has 0 aliphatic heterocycles. The monoisotopic (exact) mass is 350 g/mol. The number of carbonyl (C=O) groups excluding carboxylic acids is 2. The molecule has 0 heterocycles. The number of aliphatic carboxylic acids is 2. The van der Waals surface area contributed by atoms with Crippen molar-refractivity contribution in [2.24, 2.45) is 5.41 Å². The average molecular weight is 350 g/mol. The van der Waals surface area contributed by atoms with E-state index in [-0.39, 0.29) is 0 Å². The Bertz CT molecular complexity index is 472. The van der Waals surface area contributed by atoms with Crippen molar-refractivity contribution in [2.45, 2.75) is 57.5 Å². The van der Waals surface area contributed by atoms with Crippen LogP contribution in [-0.2, 0) is 19.2 Å². The minimum atomic E-state index is -2.31. The summed E-state index contributed by atoms with van der Waals surface area (Å²) in [4.78, 5) is 44.7. The second-order valence-corrected chi connectivity index (χ2v) is 5.81. The van der Waals surface area contributed by atoms with Gasteiger partial charge in [0, 0.05) is 0 Å². The highest BCUT2D eigenvalue weighted by Gasteiger charge is 2.46. The van der Waals surface area contributed by atoms with Crippen molar-refractivity contribution in [3.63, 3.8) is 0 Å². The molecule has 10 heteroatoms. The molecule has 0 aromatic heterocycles. The van der Waals surface area contributed by atoms with E-state index >= 15 is 0 Å². The summed E-state index contributed by atoms with van der Waals surface area (Å²) in [5, 5.41) is 56.9. The first-order valence-corrected chi connectivity index (χ1v) is 7.02. The van der Waals surface area contributed by atoms with Crippen molar-refractivity contribution in [1.29, 1.82) is 0 Å². The molecule has 0 aliphatic rings. The second-order valence-electron chi connectivity index (χ2n) is 5.81. The van der Waals surface area contributed by atoms with Crippen LogP contribution in [-0.4, -0.2) is 78.6 Å². The molecule has 24 heavy (non-hydrogen) atoms. The molecule has 0 aromatic carbocycles. The fraction of sp³-hybridized carbons (Fsp3) is 0.714. The van der Waals surface area contributed by atoms with E-state index < -0.39 is 72.6 Å². The molecule has 0 spiro atoms. The van der Waals surface area contributed by atoms with Crippen molar-refractivity contribution in [1.82, 2.24) is 0 Å². The molecule has 0 bridgehead atoms. The normalized spacial score (nSPS) is 18.8. The molecule has 0 amide bonds. The summed E-state index contributed by atoms with van der Waals surface area (Å²) in [5.41, 5.74) is -2.31. The van der Waals surface area contributed by atoms with Gasteiger partial charge in [0.2, 0.25) is 0 Å². The smallest absolute Gasteiger partial charge is 0.310 e. The molecule has 138 valence electrons. The third-order valence-electron chi connectivity index (χ3n) is 3.70. The Balaban J connectivity index is 5.64. The predicted molar refractivity (Wildman–Crippen MR) is 76.9 cm³/mol. The van der Waals surface area contributed by atoms with E-state index in [4.69, 9.17) is 5.11 Å². The van der Waals surface area contributed by atoms with Gasteiger partial charge in [0.15, 0.2) is 11.6 Å². The van der Waals surface area contributed by atoms with Crippen LogP contribution in [0, 0.1) is 5.41 Å². The number of ketones is 2. The Morgan fingerprint density at radius 2 is 1.12 bits per heavy atom. The Morgan fingerprint density at radius 1 is 0.792 bits per heavy atom. The van der Waals surface area contributed by atoms with Gasteiger partial charge in [0.25, 0.3) is 0 Å². The molecule has 10 nitrogen and oxygen atoms in total. The molecule has 6 N–H and O–H groups in total. The molecule has 0 rings (SSSR count). The summed E-state index contributed by atoms with van der Waals surface area (Å²) >= 11 is 0. The Labute approximate surface area is 137 Å². The van der Waals surface area contributed by atoms with E-state index in [9.17, 15) is 44.7 Å². The zero-order valence-corrected chi connectivity index (χ0v) is 13.2. The lowest BCUT2D eigenvalue weighted by Gasteiger charge is -2.33. The van der Waals surface area contributed by atoms with E-state index in [0.29, 0.717) is 0 Å². The predicted octanol–water partition coefficient (Wildman–Crippen LogP) is -2.07. The standard InChI is InChI=1S/C14H22O10/c1-6(15)11(21)8(17)3-14(13(23)24,5-10(19)20)4-9(18)12(22)7(2)16/h8-9,11-12,17-18,21-22H,3-5H2,1-2H3,(H,19,20)(H,23,24). The highest BCUT2D eigenvalue weighted by atomic mass is 16.4. The number of aliphatic hydroxyl groups is 4. The van der Waals surface area contributed by atoms with E-state index in [1.54, 1.807) is 0 Å². The van der Waals surface area contributed by atoms with Gasteiger partial charge in [-0.15, -0.1) is 0 Å². The average Bonchev–Trinajstić information content (AvgIpc) is 2.43. The van der Waals surface area contributed by atoms with Crippen LogP contribution in [0.3, 0.4) is 0 Å². The van der Waals surface area contributed by atoms with Gasteiger partial charge >= 0.3 is 11.9 Å². The molecule has 4 atom stereocenters. The van der Waals surface area contributed by atoms with Crippen LogP contribution in [0.4, 0.5) is 0 Å². The minimum absolute atomic E-state index is 0.860. The maximum atomic E-state index is 11.6. The lowest BCUT2D eigenvalue weighted by Crippen LogP contribution is -2.46. The summed E-state index contributed by atoms with van der Waals surface area (Å²) in [5.74, 6) is -5.02. The topological polar surface area (TPSA) is 190 Å². The molecule has 0 aromatic rings. The summed E-state index contributed by atoms with van der Waals surface area (Å²) in [6.07, 6.45) is -10.5. The molecule has 0 aliphatic carbocycles. The highest BCUT2D eigenvalue weighted by molar-refractivity contribution is 5.84. The van der Waals surface area contributed by atoms with Crippen molar-refractivity contribution in [2.75, 3.05) is 0 Å².